The van der Waals surface area contributed by atoms with Crippen LogP contribution in [0.25, 0.3) is 55.7 Å². The van der Waals surface area contributed by atoms with Gasteiger partial charge < -0.3 is 10.3 Å². The Labute approximate surface area is 218 Å². The molecule has 0 aliphatic heterocycles. The predicted octanol–water partition coefficient (Wildman–Crippen LogP) is 6.00. The van der Waals surface area contributed by atoms with E-state index in [1.807, 2.05) is 57.3 Å². The minimum atomic E-state index is -0.0980. The number of rotatable bonds is 5. The zero-order chi connectivity index (χ0) is 26.3. The van der Waals surface area contributed by atoms with Gasteiger partial charge in [0.25, 0.3) is 0 Å². The van der Waals surface area contributed by atoms with Gasteiger partial charge in [0.2, 0.25) is 5.91 Å². The van der Waals surface area contributed by atoms with Crippen molar-refractivity contribution in [3.63, 3.8) is 0 Å². The molecule has 1 amide bonds. The third kappa shape index (κ3) is 4.61. The van der Waals surface area contributed by atoms with Crippen LogP contribution in [-0.4, -0.2) is 41.0 Å². The van der Waals surface area contributed by atoms with Gasteiger partial charge in [0.1, 0.15) is 5.69 Å². The summed E-state index contributed by atoms with van der Waals surface area (Å²) in [5.74, 6) is -0.0406. The first-order valence-electron chi connectivity index (χ1n) is 12.3. The molecule has 0 saturated heterocycles. The molecule has 6 aromatic rings. The number of amides is 1. The zero-order valence-electron chi connectivity index (χ0n) is 21.3. The van der Waals surface area contributed by atoms with E-state index in [9.17, 15) is 4.79 Å². The van der Waals surface area contributed by atoms with Crippen LogP contribution in [0.5, 0.6) is 0 Å². The summed E-state index contributed by atoms with van der Waals surface area (Å²) in [6, 6.07) is 11.8. The van der Waals surface area contributed by atoms with Gasteiger partial charge in [-0.15, -0.1) is 0 Å². The number of hydrogen-bond acceptors (Lipinski definition) is 6. The number of nitrogens with one attached hydrogen (secondary N) is 3. The number of aromatic amines is 2. The van der Waals surface area contributed by atoms with E-state index < -0.39 is 0 Å². The van der Waals surface area contributed by atoms with Crippen molar-refractivity contribution in [1.82, 2.24) is 35.1 Å². The standard InChI is InChI=1S/C29H26N8O/c1-29(2,3)12-25(38)34-20-9-18(14-31-16-20)19-10-22-27(36-37-28(22)33-15-19)24-11-21-23(35-24)6-8-32-26(21)17-5-4-7-30-13-17/h4-11,13-16,35H,12H2,1-3H3,(H,34,38)(H,33,36,37). The Kier molecular flexibility index (Phi) is 5.68. The van der Waals surface area contributed by atoms with Crippen LogP contribution >= 0.6 is 0 Å². The highest BCUT2D eigenvalue weighted by molar-refractivity contribution is 6.00. The molecule has 0 aliphatic carbocycles. The molecule has 0 fully saturated rings. The smallest absolute Gasteiger partial charge is 0.224 e. The predicted molar refractivity (Wildman–Crippen MR) is 148 cm³/mol. The van der Waals surface area contributed by atoms with Gasteiger partial charge in [-0.2, -0.15) is 5.10 Å². The maximum atomic E-state index is 12.4. The van der Waals surface area contributed by atoms with Gasteiger partial charge in [-0.05, 0) is 41.8 Å². The van der Waals surface area contributed by atoms with Gasteiger partial charge >= 0.3 is 0 Å². The lowest BCUT2D eigenvalue weighted by Gasteiger charge is -2.17. The Hall–Kier alpha value is -4.92. The molecule has 0 aliphatic rings. The molecule has 0 unspecified atom stereocenters. The van der Waals surface area contributed by atoms with Crippen molar-refractivity contribution in [2.24, 2.45) is 5.41 Å². The summed E-state index contributed by atoms with van der Waals surface area (Å²) in [6.45, 7) is 6.11. The fourth-order valence-corrected chi connectivity index (χ4v) is 4.53. The largest absolute Gasteiger partial charge is 0.353 e. The molecule has 6 aromatic heterocycles. The van der Waals surface area contributed by atoms with Crippen molar-refractivity contribution >= 4 is 33.5 Å². The van der Waals surface area contributed by atoms with Gasteiger partial charge in [-0.3, -0.25) is 24.8 Å². The van der Waals surface area contributed by atoms with E-state index in [2.05, 4.69) is 46.5 Å². The number of fused-ring (bicyclic) bond motifs is 2. The van der Waals surface area contributed by atoms with Crippen molar-refractivity contribution < 1.29 is 4.79 Å². The fourth-order valence-electron chi connectivity index (χ4n) is 4.53. The number of pyridine rings is 4. The lowest BCUT2D eigenvalue weighted by atomic mass is 9.92. The summed E-state index contributed by atoms with van der Waals surface area (Å²) in [5.41, 5.74) is 7.31. The van der Waals surface area contributed by atoms with E-state index in [0.717, 1.165) is 50.1 Å². The third-order valence-corrected chi connectivity index (χ3v) is 6.20. The van der Waals surface area contributed by atoms with Gasteiger partial charge in [0.15, 0.2) is 5.65 Å². The molecule has 188 valence electrons. The summed E-state index contributed by atoms with van der Waals surface area (Å²) in [5, 5.41) is 12.4. The summed E-state index contributed by atoms with van der Waals surface area (Å²) in [6.07, 6.45) is 10.9. The number of anilines is 1. The molecule has 9 nitrogen and oxygen atoms in total. The Morgan fingerprint density at radius 1 is 0.868 bits per heavy atom. The minimum absolute atomic E-state index is 0.0406. The number of hydrogen-bond donors (Lipinski definition) is 3. The van der Waals surface area contributed by atoms with Crippen LogP contribution in [0.1, 0.15) is 27.2 Å². The van der Waals surface area contributed by atoms with E-state index in [1.165, 1.54) is 0 Å². The van der Waals surface area contributed by atoms with Crippen LogP contribution in [0.4, 0.5) is 5.69 Å². The highest BCUT2D eigenvalue weighted by Crippen LogP contribution is 2.34. The molecular formula is C29H26N8O. The third-order valence-electron chi connectivity index (χ3n) is 6.20. The van der Waals surface area contributed by atoms with Crippen LogP contribution in [0.2, 0.25) is 0 Å². The molecule has 0 saturated carbocycles. The lowest BCUT2D eigenvalue weighted by Crippen LogP contribution is -2.19. The second-order valence-electron chi connectivity index (χ2n) is 10.5. The minimum Gasteiger partial charge on any atom is -0.353 e. The highest BCUT2D eigenvalue weighted by atomic mass is 16.1. The molecule has 9 heteroatoms. The SMILES string of the molecule is CC(C)(C)CC(=O)Nc1cncc(-c2cnc3[nH]nc(-c4cc5c(-c6cccnc6)nccc5[nH]4)c3c2)c1. The average molecular weight is 503 g/mol. The summed E-state index contributed by atoms with van der Waals surface area (Å²) in [4.78, 5) is 33.7. The maximum Gasteiger partial charge on any atom is 0.224 e. The van der Waals surface area contributed by atoms with Gasteiger partial charge in [0.05, 0.1) is 23.3 Å². The first-order chi connectivity index (χ1) is 18.3. The number of carbonyl (C=O) groups excluding carboxylic acids is 1. The molecule has 0 bridgehead atoms. The maximum absolute atomic E-state index is 12.4. The fraction of sp³-hybridized carbons (Fsp3) is 0.172. The first kappa shape index (κ1) is 23.5. The molecule has 3 N–H and O–H groups in total. The van der Waals surface area contributed by atoms with Crippen LogP contribution in [0.3, 0.4) is 0 Å². The van der Waals surface area contributed by atoms with E-state index in [1.54, 1.807) is 31.0 Å². The summed E-state index contributed by atoms with van der Waals surface area (Å²) < 4.78 is 0. The molecule has 38 heavy (non-hydrogen) atoms. The topological polar surface area (TPSA) is 125 Å². The number of H-pyrrole nitrogens is 2. The van der Waals surface area contributed by atoms with Gasteiger partial charge in [0, 0.05) is 70.4 Å². The molecule has 0 spiro atoms. The quantitative estimate of drug-likeness (QED) is 0.265. The van der Waals surface area contributed by atoms with Crippen molar-refractivity contribution in [1.29, 1.82) is 0 Å². The van der Waals surface area contributed by atoms with Crippen LogP contribution < -0.4 is 5.32 Å². The summed E-state index contributed by atoms with van der Waals surface area (Å²) in [7, 11) is 0. The monoisotopic (exact) mass is 502 g/mol. The van der Waals surface area contributed by atoms with Gasteiger partial charge in [-0.1, -0.05) is 20.8 Å². The molecule has 6 rings (SSSR count). The van der Waals surface area contributed by atoms with Gasteiger partial charge in [-0.25, -0.2) is 4.98 Å². The first-order valence-corrected chi connectivity index (χ1v) is 12.3. The molecule has 0 radical (unpaired) electrons. The molecule has 6 heterocycles. The summed E-state index contributed by atoms with van der Waals surface area (Å²) >= 11 is 0. The zero-order valence-corrected chi connectivity index (χ0v) is 21.3. The number of nitrogens with zero attached hydrogens (tertiary/aromatic N) is 5. The van der Waals surface area contributed by atoms with Crippen LogP contribution in [0, 0.1) is 5.41 Å². The van der Waals surface area contributed by atoms with Crippen molar-refractivity contribution in [2.45, 2.75) is 27.2 Å². The number of aromatic nitrogens is 7. The Morgan fingerprint density at radius 2 is 1.71 bits per heavy atom. The van der Waals surface area contributed by atoms with E-state index in [4.69, 9.17) is 0 Å². The highest BCUT2D eigenvalue weighted by Gasteiger charge is 2.18. The normalized spacial score (nSPS) is 11.8. The second-order valence-corrected chi connectivity index (χ2v) is 10.5. The lowest BCUT2D eigenvalue weighted by molar-refractivity contribution is -0.117. The Morgan fingerprint density at radius 3 is 2.53 bits per heavy atom. The van der Waals surface area contributed by atoms with E-state index in [0.29, 0.717) is 17.8 Å². The van der Waals surface area contributed by atoms with Crippen molar-refractivity contribution in [2.75, 3.05) is 5.32 Å². The second kappa shape index (κ2) is 9.19. The van der Waals surface area contributed by atoms with Crippen LogP contribution in [-0.2, 0) is 4.79 Å². The Balaban J connectivity index is 1.36. The molecule has 0 atom stereocenters. The van der Waals surface area contributed by atoms with E-state index >= 15 is 0 Å². The van der Waals surface area contributed by atoms with Crippen molar-refractivity contribution in [3.8, 4) is 33.8 Å². The average Bonchev–Trinajstić information content (AvgIpc) is 3.51. The number of carbonyl (C=O) groups is 1. The van der Waals surface area contributed by atoms with Crippen LogP contribution in [0.15, 0.2) is 73.6 Å². The van der Waals surface area contributed by atoms with E-state index in [-0.39, 0.29) is 11.3 Å². The molecule has 0 aromatic carbocycles. The molecular weight excluding hydrogens is 476 g/mol. The Bertz CT molecular complexity index is 1780. The van der Waals surface area contributed by atoms with Crippen molar-refractivity contribution in [3.05, 3.63) is 73.6 Å².